The monoisotopic (exact) mass is 428 g/mol. The lowest BCUT2D eigenvalue weighted by molar-refractivity contribution is 0.102. The van der Waals surface area contributed by atoms with Crippen LogP contribution < -0.4 is 10.6 Å². The standard InChI is InChI=1S/C23H17ClN6O/c24-18-10-8-16(9-11-18)20-13-19(15-5-2-1-3-6-15)26-23-28-22(29-30(20)23)27-21(31)17-7-4-12-25-14-17/h1-14,20H,(H2,26,27,28,29,31)/t20-/m0/s1. The van der Waals surface area contributed by atoms with Crippen LogP contribution in [-0.4, -0.2) is 25.7 Å². The maximum absolute atomic E-state index is 12.5. The molecule has 3 heterocycles. The van der Waals surface area contributed by atoms with Crippen molar-refractivity contribution in [2.24, 2.45) is 0 Å². The molecule has 8 heteroatoms. The number of aromatic nitrogens is 4. The quantitative estimate of drug-likeness (QED) is 0.495. The Hall–Kier alpha value is -3.97. The van der Waals surface area contributed by atoms with Crippen LogP contribution in [0, 0.1) is 0 Å². The highest BCUT2D eigenvalue weighted by molar-refractivity contribution is 6.30. The molecule has 5 rings (SSSR count). The third kappa shape index (κ3) is 3.91. The number of carbonyl (C=O) groups excluding carboxylic acids is 1. The zero-order valence-corrected chi connectivity index (χ0v) is 17.0. The van der Waals surface area contributed by atoms with Crippen LogP contribution in [0.3, 0.4) is 0 Å². The molecule has 1 amide bonds. The van der Waals surface area contributed by atoms with Crippen molar-refractivity contribution in [2.45, 2.75) is 6.04 Å². The number of nitrogens with zero attached hydrogens (tertiary/aromatic N) is 4. The summed E-state index contributed by atoms with van der Waals surface area (Å²) < 4.78 is 1.74. The molecule has 2 aromatic carbocycles. The Balaban J connectivity index is 1.51. The molecule has 0 saturated carbocycles. The highest BCUT2D eigenvalue weighted by atomic mass is 35.5. The lowest BCUT2D eigenvalue weighted by Gasteiger charge is -2.24. The molecule has 0 saturated heterocycles. The van der Waals surface area contributed by atoms with Gasteiger partial charge in [0.05, 0.1) is 5.56 Å². The fraction of sp³-hybridized carbons (Fsp3) is 0.0435. The number of amides is 1. The van der Waals surface area contributed by atoms with Crippen LogP contribution in [0.5, 0.6) is 0 Å². The Morgan fingerprint density at radius 3 is 2.58 bits per heavy atom. The third-order valence-corrected chi connectivity index (χ3v) is 5.16. The predicted molar refractivity (Wildman–Crippen MR) is 120 cm³/mol. The number of hydrogen-bond acceptors (Lipinski definition) is 5. The van der Waals surface area contributed by atoms with E-state index in [1.54, 1.807) is 23.0 Å². The molecule has 1 aliphatic rings. The summed E-state index contributed by atoms with van der Waals surface area (Å²) in [6, 6.07) is 20.7. The Morgan fingerprint density at radius 1 is 1.03 bits per heavy atom. The lowest BCUT2D eigenvalue weighted by Crippen LogP contribution is -2.20. The molecule has 2 N–H and O–H groups in total. The van der Waals surface area contributed by atoms with Gasteiger partial charge in [-0.2, -0.15) is 4.98 Å². The number of halogens is 1. The predicted octanol–water partition coefficient (Wildman–Crippen LogP) is 4.63. The third-order valence-electron chi connectivity index (χ3n) is 4.91. The van der Waals surface area contributed by atoms with Gasteiger partial charge in [-0.25, -0.2) is 4.68 Å². The fourth-order valence-corrected chi connectivity index (χ4v) is 3.53. The second-order valence-electron chi connectivity index (χ2n) is 6.97. The summed E-state index contributed by atoms with van der Waals surface area (Å²) in [5.41, 5.74) is 3.36. The Morgan fingerprint density at radius 2 is 1.84 bits per heavy atom. The van der Waals surface area contributed by atoms with Gasteiger partial charge in [-0.1, -0.05) is 54.1 Å². The molecule has 0 spiro atoms. The minimum atomic E-state index is -0.324. The molecule has 7 nitrogen and oxygen atoms in total. The van der Waals surface area contributed by atoms with Crippen LogP contribution in [-0.2, 0) is 0 Å². The van der Waals surface area contributed by atoms with Gasteiger partial charge >= 0.3 is 0 Å². The number of anilines is 2. The Labute approximate surface area is 183 Å². The molecule has 1 aliphatic heterocycles. The summed E-state index contributed by atoms with van der Waals surface area (Å²) >= 11 is 6.08. The van der Waals surface area contributed by atoms with Crippen LogP contribution in [0.4, 0.5) is 11.9 Å². The van der Waals surface area contributed by atoms with Crippen molar-refractivity contribution in [3.63, 3.8) is 0 Å². The van der Waals surface area contributed by atoms with E-state index >= 15 is 0 Å². The van der Waals surface area contributed by atoms with Gasteiger partial charge in [0.1, 0.15) is 6.04 Å². The van der Waals surface area contributed by atoms with Crippen LogP contribution in [0.2, 0.25) is 5.02 Å². The first kappa shape index (κ1) is 19.0. The summed E-state index contributed by atoms with van der Waals surface area (Å²) in [6.07, 6.45) is 5.18. The van der Waals surface area contributed by atoms with Crippen molar-refractivity contribution < 1.29 is 4.79 Å². The maximum Gasteiger partial charge on any atom is 0.259 e. The largest absolute Gasteiger partial charge is 0.324 e. The first-order valence-electron chi connectivity index (χ1n) is 9.65. The molecule has 31 heavy (non-hydrogen) atoms. The van der Waals surface area contributed by atoms with Crippen LogP contribution in [0.1, 0.15) is 27.5 Å². The second kappa shape index (κ2) is 8.04. The van der Waals surface area contributed by atoms with Gasteiger partial charge in [-0.15, -0.1) is 5.10 Å². The molecule has 0 radical (unpaired) electrons. The van der Waals surface area contributed by atoms with E-state index < -0.39 is 0 Å². The number of allylic oxidation sites excluding steroid dienone is 1. The van der Waals surface area contributed by atoms with Crippen LogP contribution in [0.25, 0.3) is 5.70 Å². The van der Waals surface area contributed by atoms with Gasteiger partial charge in [-0.05, 0) is 41.5 Å². The number of rotatable bonds is 4. The van der Waals surface area contributed by atoms with E-state index in [2.05, 4.69) is 31.8 Å². The summed E-state index contributed by atoms with van der Waals surface area (Å²) in [6.45, 7) is 0. The van der Waals surface area contributed by atoms with Crippen molar-refractivity contribution >= 4 is 35.1 Å². The van der Waals surface area contributed by atoms with E-state index in [9.17, 15) is 4.79 Å². The minimum absolute atomic E-state index is 0.207. The fourth-order valence-electron chi connectivity index (χ4n) is 3.40. The summed E-state index contributed by atoms with van der Waals surface area (Å²) in [4.78, 5) is 21.0. The molecule has 1 atom stereocenters. The highest BCUT2D eigenvalue weighted by Crippen LogP contribution is 2.33. The number of hydrogen-bond donors (Lipinski definition) is 2. The van der Waals surface area contributed by atoms with E-state index in [0.717, 1.165) is 16.8 Å². The maximum atomic E-state index is 12.5. The number of carbonyl (C=O) groups is 1. The molecule has 4 aromatic rings. The van der Waals surface area contributed by atoms with Crippen LogP contribution >= 0.6 is 11.6 Å². The number of nitrogens with one attached hydrogen (secondary N) is 2. The van der Waals surface area contributed by atoms with Crippen molar-refractivity contribution in [1.29, 1.82) is 0 Å². The average Bonchev–Trinajstić information content (AvgIpc) is 3.22. The van der Waals surface area contributed by atoms with Gasteiger partial charge in [0.2, 0.25) is 5.95 Å². The van der Waals surface area contributed by atoms with E-state index in [1.807, 2.05) is 54.6 Å². The number of benzene rings is 2. The Kier molecular flexibility index (Phi) is 4.93. The van der Waals surface area contributed by atoms with E-state index in [4.69, 9.17) is 11.6 Å². The SMILES string of the molecule is O=C(Nc1nc2n(n1)[C@H](c1ccc(Cl)cc1)C=C(c1ccccc1)N2)c1cccnc1. The molecular weight excluding hydrogens is 412 g/mol. The first-order chi connectivity index (χ1) is 15.2. The van der Waals surface area contributed by atoms with Crippen molar-refractivity contribution in [2.75, 3.05) is 10.6 Å². The number of fused-ring (bicyclic) bond motifs is 1. The lowest BCUT2D eigenvalue weighted by atomic mass is 10.0. The summed E-state index contributed by atoms with van der Waals surface area (Å²) in [7, 11) is 0. The molecular formula is C23H17ClN6O. The van der Waals surface area contributed by atoms with Crippen molar-refractivity contribution in [3.05, 3.63) is 107 Å². The van der Waals surface area contributed by atoms with Crippen LogP contribution in [0.15, 0.2) is 85.2 Å². The topological polar surface area (TPSA) is 84.7 Å². The van der Waals surface area contributed by atoms with Crippen molar-refractivity contribution in [1.82, 2.24) is 19.7 Å². The molecule has 0 fully saturated rings. The smallest absolute Gasteiger partial charge is 0.259 e. The normalized spacial score (nSPS) is 14.9. The molecule has 0 unspecified atom stereocenters. The van der Waals surface area contributed by atoms with Gasteiger partial charge in [-0.3, -0.25) is 15.1 Å². The summed E-state index contributed by atoms with van der Waals surface area (Å²) in [5, 5.41) is 11.3. The van der Waals surface area contributed by atoms with E-state index in [1.165, 1.54) is 6.20 Å². The number of pyridine rings is 1. The highest BCUT2D eigenvalue weighted by Gasteiger charge is 2.26. The second-order valence-corrected chi connectivity index (χ2v) is 7.40. The molecule has 2 aromatic heterocycles. The van der Waals surface area contributed by atoms with Gasteiger partial charge in [0.15, 0.2) is 0 Å². The van der Waals surface area contributed by atoms with Gasteiger partial charge in [0.25, 0.3) is 11.9 Å². The molecule has 0 aliphatic carbocycles. The average molecular weight is 429 g/mol. The summed E-state index contributed by atoms with van der Waals surface area (Å²) in [5.74, 6) is 0.413. The zero-order valence-electron chi connectivity index (χ0n) is 16.2. The Bertz CT molecular complexity index is 1250. The minimum Gasteiger partial charge on any atom is -0.324 e. The van der Waals surface area contributed by atoms with Gasteiger partial charge in [0, 0.05) is 23.1 Å². The molecule has 152 valence electrons. The molecule has 0 bridgehead atoms. The first-order valence-corrected chi connectivity index (χ1v) is 10.0. The van der Waals surface area contributed by atoms with Gasteiger partial charge < -0.3 is 5.32 Å². The van der Waals surface area contributed by atoms with Crippen molar-refractivity contribution in [3.8, 4) is 0 Å². The van der Waals surface area contributed by atoms with E-state index in [-0.39, 0.29) is 17.9 Å². The zero-order chi connectivity index (χ0) is 21.2. The van der Waals surface area contributed by atoms with E-state index in [0.29, 0.717) is 16.5 Å².